The summed E-state index contributed by atoms with van der Waals surface area (Å²) in [4.78, 5) is 4.90. The summed E-state index contributed by atoms with van der Waals surface area (Å²) in [5, 5.41) is 22.8. The van der Waals surface area contributed by atoms with Crippen LogP contribution >= 0.6 is 0 Å². The normalized spacial score (nSPS) is 14.8. The molecule has 2 aliphatic rings. The van der Waals surface area contributed by atoms with Crippen LogP contribution in [0.4, 0.5) is 34.1 Å². The first-order valence-electron chi connectivity index (χ1n) is 28.4. The van der Waals surface area contributed by atoms with E-state index in [0.717, 1.165) is 34.1 Å². The van der Waals surface area contributed by atoms with Crippen molar-refractivity contribution in [2.45, 2.75) is 12.8 Å². The van der Waals surface area contributed by atoms with E-state index < -0.39 is 0 Å². The van der Waals surface area contributed by atoms with Crippen LogP contribution in [-0.4, -0.2) is 0 Å². The number of para-hydroxylation sites is 2. The predicted octanol–water partition coefficient (Wildman–Crippen LogP) is 22.4. The first kappa shape index (κ1) is 45.7. The summed E-state index contributed by atoms with van der Waals surface area (Å²) in [5.74, 6) is 0.467. The summed E-state index contributed by atoms with van der Waals surface area (Å²) < 4.78 is 0. The maximum Gasteiger partial charge on any atom is 0.0468 e. The second-order valence-electron chi connectivity index (χ2n) is 22.3. The van der Waals surface area contributed by atoms with Gasteiger partial charge in [0.25, 0.3) is 0 Å². The number of fused-ring (bicyclic) bond motifs is 24. The minimum atomic E-state index is 0.175. The Morgan fingerprint density at radius 2 is 0.556 bits per heavy atom. The topological polar surface area (TPSA) is 6.48 Å². The molecule has 15 aromatic rings. The fourth-order valence-corrected chi connectivity index (χ4v) is 14.4. The largest absolute Gasteiger partial charge is 0.310 e. The fourth-order valence-electron chi connectivity index (χ4n) is 14.4. The average molecular weight is 1030 g/mol. The maximum absolute atomic E-state index is 2.54. The molecule has 0 heterocycles. The van der Waals surface area contributed by atoms with E-state index >= 15 is 0 Å². The predicted molar refractivity (Wildman–Crippen MR) is 348 cm³/mol. The maximum atomic E-state index is 2.54. The molecular formula is C79H52N2. The van der Waals surface area contributed by atoms with E-state index in [9.17, 15) is 0 Å². The number of allylic oxidation sites excluding steroid dienone is 4. The van der Waals surface area contributed by atoms with Gasteiger partial charge in [0.1, 0.15) is 0 Å². The number of benzene rings is 15. The minimum absolute atomic E-state index is 0.175. The molecule has 0 radical (unpaired) electrons. The monoisotopic (exact) mass is 1030 g/mol. The van der Waals surface area contributed by atoms with Gasteiger partial charge in [0.05, 0.1) is 0 Å². The van der Waals surface area contributed by atoms with E-state index in [-0.39, 0.29) is 5.92 Å². The number of hydrogen-bond acceptors (Lipinski definition) is 2. The highest BCUT2D eigenvalue weighted by atomic mass is 15.1. The van der Waals surface area contributed by atoms with E-state index in [1.807, 2.05) is 0 Å². The molecule has 0 N–H and O–H groups in total. The van der Waals surface area contributed by atoms with E-state index in [2.05, 4.69) is 302 Å². The SMILES string of the molecule is CC1C=CC=C2c3cc4c5ccc(N(c6ccccc6)c6ccc7c8ccccc8c8ccccc8c7c6)cc5c5ccccc5c4cc3-c3ccc(N(c4ccccc4)c4ccc5c6ccccc6c6ccccc6c5c4)cc3C21. The lowest BCUT2D eigenvalue weighted by molar-refractivity contribution is 0.648. The van der Waals surface area contributed by atoms with Gasteiger partial charge in [-0.2, -0.15) is 0 Å². The van der Waals surface area contributed by atoms with Crippen LogP contribution in [0, 0.1) is 5.92 Å². The van der Waals surface area contributed by atoms with Crippen LogP contribution in [0.15, 0.2) is 285 Å². The molecule has 2 heteroatoms. The van der Waals surface area contributed by atoms with Gasteiger partial charge in [-0.25, -0.2) is 0 Å². The molecule has 0 aliphatic heterocycles. The van der Waals surface area contributed by atoms with Crippen molar-refractivity contribution < 1.29 is 0 Å². The van der Waals surface area contributed by atoms with Crippen LogP contribution in [0.3, 0.4) is 0 Å². The Kier molecular flexibility index (Phi) is 10.1. The van der Waals surface area contributed by atoms with Gasteiger partial charge in [-0.3, -0.25) is 0 Å². The summed E-state index contributed by atoms with van der Waals surface area (Å²) in [5.41, 5.74) is 13.4. The first-order chi connectivity index (χ1) is 40.1. The molecule has 0 aromatic heterocycles. The quantitative estimate of drug-likeness (QED) is 0.153. The fraction of sp³-hybridized carbons (Fsp3) is 0.0380. The Hall–Kier alpha value is -10.3. The van der Waals surface area contributed by atoms with Crippen molar-refractivity contribution in [3.05, 3.63) is 296 Å². The van der Waals surface area contributed by atoms with Gasteiger partial charge in [0.2, 0.25) is 0 Å². The lowest BCUT2D eigenvalue weighted by Gasteiger charge is -2.37. The van der Waals surface area contributed by atoms with E-state index in [1.165, 1.54) is 125 Å². The number of nitrogens with zero attached hydrogens (tertiary/aromatic N) is 2. The smallest absolute Gasteiger partial charge is 0.0468 e. The summed E-state index contributed by atoms with van der Waals surface area (Å²) in [7, 11) is 0. The van der Waals surface area contributed by atoms with E-state index in [1.54, 1.807) is 0 Å². The standard InChI is InChI=1S/C79H52N2/c1-49-19-18-34-70-77-48-75-68-41-37-54(80(50-20-4-2-5-21-50)52-35-39-66-60-28-10-8-24-56(60)58-26-12-14-30-62(58)71(66)43-52)45-73(68)64-32-16-17-33-65(64)74(75)47-76(77)69-42-38-55(46-78(69)79(49)70)81(51-22-6-3-7-23-51)53-36-40-67-61-29-11-9-25-57(61)59-27-13-15-31-63(59)72(67)44-53/h2-49,79H,1H3. The molecule has 0 bridgehead atoms. The second kappa shape index (κ2) is 17.9. The van der Waals surface area contributed by atoms with Crippen LogP contribution in [0.25, 0.3) is 114 Å². The Morgan fingerprint density at radius 1 is 0.247 bits per heavy atom. The number of anilines is 6. The molecule has 0 spiro atoms. The molecule has 2 aliphatic carbocycles. The van der Waals surface area contributed by atoms with Crippen molar-refractivity contribution in [3.8, 4) is 11.1 Å². The number of hydrogen-bond donors (Lipinski definition) is 0. The van der Waals surface area contributed by atoms with Gasteiger partial charge in [-0.1, -0.05) is 207 Å². The molecule has 378 valence electrons. The van der Waals surface area contributed by atoms with Gasteiger partial charge >= 0.3 is 0 Å². The van der Waals surface area contributed by atoms with Gasteiger partial charge in [0.15, 0.2) is 0 Å². The zero-order valence-electron chi connectivity index (χ0n) is 44.7. The molecule has 81 heavy (non-hydrogen) atoms. The highest BCUT2D eigenvalue weighted by molar-refractivity contribution is 6.29. The molecule has 2 unspecified atom stereocenters. The van der Waals surface area contributed by atoms with Gasteiger partial charge in [0, 0.05) is 40.0 Å². The van der Waals surface area contributed by atoms with E-state index in [0.29, 0.717) is 5.92 Å². The van der Waals surface area contributed by atoms with Crippen LogP contribution in [0.1, 0.15) is 24.0 Å². The second-order valence-corrected chi connectivity index (χ2v) is 22.3. The zero-order chi connectivity index (χ0) is 53.3. The van der Waals surface area contributed by atoms with Crippen molar-refractivity contribution in [1.82, 2.24) is 0 Å². The third-order valence-electron chi connectivity index (χ3n) is 18.0. The summed E-state index contributed by atoms with van der Waals surface area (Å²) in [6.45, 7) is 2.40. The highest BCUT2D eigenvalue weighted by Crippen LogP contribution is 2.55. The van der Waals surface area contributed by atoms with Gasteiger partial charge in [-0.05, 0) is 216 Å². The van der Waals surface area contributed by atoms with Gasteiger partial charge < -0.3 is 9.80 Å². The van der Waals surface area contributed by atoms with Crippen LogP contribution in [0.2, 0.25) is 0 Å². The molecule has 0 fully saturated rings. The Labute approximate surface area is 470 Å². The molecule has 0 saturated heterocycles. The summed E-state index contributed by atoms with van der Waals surface area (Å²) >= 11 is 0. The molecular weight excluding hydrogens is 977 g/mol. The molecule has 2 nitrogen and oxygen atoms in total. The summed E-state index contributed by atoms with van der Waals surface area (Å²) in [6.07, 6.45) is 7.08. The Bertz CT molecular complexity index is 5140. The molecule has 15 aromatic carbocycles. The van der Waals surface area contributed by atoms with Crippen LogP contribution in [0.5, 0.6) is 0 Å². The highest BCUT2D eigenvalue weighted by Gasteiger charge is 2.35. The summed E-state index contributed by atoms with van der Waals surface area (Å²) in [6, 6.07) is 99.9. The Morgan fingerprint density at radius 3 is 0.963 bits per heavy atom. The van der Waals surface area contributed by atoms with Crippen molar-refractivity contribution >= 4 is 137 Å². The van der Waals surface area contributed by atoms with E-state index in [4.69, 9.17) is 0 Å². The molecule has 17 rings (SSSR count). The molecule has 2 atom stereocenters. The molecule has 0 saturated carbocycles. The third-order valence-corrected chi connectivity index (χ3v) is 18.0. The van der Waals surface area contributed by atoms with Crippen LogP contribution < -0.4 is 9.80 Å². The average Bonchev–Trinajstić information content (AvgIpc) is 3.67. The minimum Gasteiger partial charge on any atom is -0.310 e. The van der Waals surface area contributed by atoms with Crippen molar-refractivity contribution in [1.29, 1.82) is 0 Å². The van der Waals surface area contributed by atoms with Crippen LogP contribution in [-0.2, 0) is 0 Å². The van der Waals surface area contributed by atoms with Gasteiger partial charge in [-0.15, -0.1) is 0 Å². The van der Waals surface area contributed by atoms with Crippen molar-refractivity contribution in [2.75, 3.05) is 9.80 Å². The first-order valence-corrected chi connectivity index (χ1v) is 28.4. The lowest BCUT2D eigenvalue weighted by atomic mass is 9.68. The third kappa shape index (κ3) is 6.93. The zero-order valence-corrected chi connectivity index (χ0v) is 44.7. The van der Waals surface area contributed by atoms with Crippen molar-refractivity contribution in [2.24, 2.45) is 5.92 Å². The lowest BCUT2D eigenvalue weighted by Crippen LogP contribution is -2.19. The molecule has 0 amide bonds. The van der Waals surface area contributed by atoms with Crippen molar-refractivity contribution in [3.63, 3.8) is 0 Å². The number of rotatable bonds is 6. The Balaban J connectivity index is 0.844.